The molecule has 1 N–H and O–H groups in total. The highest BCUT2D eigenvalue weighted by Gasteiger charge is 2.20. The molecule has 3 aromatic rings. The molecule has 1 amide bonds. The first-order chi connectivity index (χ1) is 11.8. The van der Waals surface area contributed by atoms with Crippen molar-refractivity contribution in [1.29, 1.82) is 0 Å². The van der Waals surface area contributed by atoms with Gasteiger partial charge >= 0.3 is 0 Å². The Balaban J connectivity index is 2.00. The zero-order valence-electron chi connectivity index (χ0n) is 15.5. The molecule has 0 spiro atoms. The van der Waals surface area contributed by atoms with E-state index in [1.807, 2.05) is 54.4 Å². The van der Waals surface area contributed by atoms with E-state index in [-0.39, 0.29) is 11.9 Å². The van der Waals surface area contributed by atoms with Crippen molar-refractivity contribution in [3.63, 3.8) is 0 Å². The number of benzene rings is 1. The first kappa shape index (κ1) is 17.1. The molecule has 0 aliphatic carbocycles. The van der Waals surface area contributed by atoms with E-state index in [4.69, 9.17) is 4.74 Å². The van der Waals surface area contributed by atoms with Crippen molar-refractivity contribution in [3.05, 3.63) is 41.3 Å². The molecule has 0 aliphatic heterocycles. The number of aromatic nitrogens is 3. The number of methoxy groups -OCH3 is 1. The number of carbonyl (C=O) groups excluding carboxylic acids is 1. The Hall–Kier alpha value is -2.76. The number of hydrogen-bond donors (Lipinski definition) is 1. The molecule has 132 valence electrons. The number of ether oxygens (including phenoxy) is 1. The van der Waals surface area contributed by atoms with Gasteiger partial charge in [-0.05, 0) is 45.9 Å². The molecule has 6 nitrogen and oxygen atoms in total. The highest BCUT2D eigenvalue weighted by molar-refractivity contribution is 6.07. The fourth-order valence-corrected chi connectivity index (χ4v) is 3.25. The molecule has 2 heterocycles. The van der Waals surface area contributed by atoms with Crippen LogP contribution >= 0.6 is 0 Å². The largest absolute Gasteiger partial charge is 0.496 e. The van der Waals surface area contributed by atoms with E-state index >= 15 is 0 Å². The van der Waals surface area contributed by atoms with Gasteiger partial charge in [0.25, 0.3) is 5.91 Å². The van der Waals surface area contributed by atoms with Crippen LogP contribution in [0.25, 0.3) is 10.9 Å². The van der Waals surface area contributed by atoms with Crippen LogP contribution in [0.15, 0.2) is 24.3 Å². The number of carbonyl (C=O) groups is 1. The highest BCUT2D eigenvalue weighted by atomic mass is 16.5. The van der Waals surface area contributed by atoms with Crippen molar-refractivity contribution >= 4 is 22.5 Å². The molecule has 25 heavy (non-hydrogen) atoms. The minimum atomic E-state index is -0.157. The van der Waals surface area contributed by atoms with Crippen LogP contribution in [0.1, 0.15) is 41.8 Å². The van der Waals surface area contributed by atoms with Gasteiger partial charge in [-0.1, -0.05) is 6.07 Å². The van der Waals surface area contributed by atoms with Gasteiger partial charge in [0.1, 0.15) is 11.4 Å². The van der Waals surface area contributed by atoms with E-state index in [1.165, 1.54) is 0 Å². The van der Waals surface area contributed by atoms with Crippen LogP contribution in [0.4, 0.5) is 5.69 Å². The molecular formula is C19H24N4O2. The van der Waals surface area contributed by atoms with Crippen molar-refractivity contribution in [2.45, 2.75) is 33.7 Å². The molecule has 0 unspecified atom stereocenters. The Kier molecular flexibility index (Phi) is 4.29. The van der Waals surface area contributed by atoms with Gasteiger partial charge in [0, 0.05) is 18.5 Å². The smallest absolute Gasteiger partial charge is 0.272 e. The van der Waals surface area contributed by atoms with Crippen LogP contribution in [0, 0.1) is 13.8 Å². The summed E-state index contributed by atoms with van der Waals surface area (Å²) < 4.78 is 9.21. The zero-order chi connectivity index (χ0) is 18.3. The maximum absolute atomic E-state index is 12.9. The Morgan fingerprint density at radius 2 is 2.00 bits per heavy atom. The lowest BCUT2D eigenvalue weighted by molar-refractivity contribution is 0.101. The van der Waals surface area contributed by atoms with Crippen molar-refractivity contribution < 1.29 is 9.53 Å². The van der Waals surface area contributed by atoms with E-state index in [1.54, 1.807) is 7.11 Å². The Labute approximate surface area is 147 Å². The van der Waals surface area contributed by atoms with Gasteiger partial charge in [0.15, 0.2) is 0 Å². The summed E-state index contributed by atoms with van der Waals surface area (Å²) in [5.41, 5.74) is 4.08. The third-order valence-electron chi connectivity index (χ3n) is 4.55. The predicted octanol–water partition coefficient (Wildman–Crippen LogP) is 3.83. The molecule has 1 aromatic carbocycles. The summed E-state index contributed by atoms with van der Waals surface area (Å²) in [7, 11) is 3.52. The average molecular weight is 340 g/mol. The van der Waals surface area contributed by atoms with Crippen LogP contribution < -0.4 is 10.1 Å². The molecule has 3 rings (SSSR count). The number of rotatable bonds is 4. The van der Waals surface area contributed by atoms with Gasteiger partial charge in [-0.15, -0.1) is 0 Å². The van der Waals surface area contributed by atoms with Gasteiger partial charge in [0.05, 0.1) is 29.7 Å². The van der Waals surface area contributed by atoms with Crippen LogP contribution in [0.2, 0.25) is 0 Å². The van der Waals surface area contributed by atoms with Crippen molar-refractivity contribution in [2.24, 2.45) is 7.05 Å². The number of amides is 1. The normalized spacial score (nSPS) is 11.3. The van der Waals surface area contributed by atoms with Gasteiger partial charge in [-0.3, -0.25) is 9.48 Å². The number of hydrogen-bond acceptors (Lipinski definition) is 3. The molecule has 2 aromatic heterocycles. The Bertz CT molecular complexity index is 950. The first-order valence-corrected chi connectivity index (χ1v) is 8.34. The zero-order valence-corrected chi connectivity index (χ0v) is 15.5. The molecule has 0 fully saturated rings. The number of fused-ring (bicyclic) bond motifs is 1. The first-order valence-electron chi connectivity index (χ1n) is 8.34. The van der Waals surface area contributed by atoms with E-state index in [2.05, 4.69) is 24.3 Å². The molecule has 0 saturated carbocycles. The summed E-state index contributed by atoms with van der Waals surface area (Å²) in [6, 6.07) is 7.89. The molecular weight excluding hydrogens is 316 g/mol. The van der Waals surface area contributed by atoms with Crippen molar-refractivity contribution in [1.82, 2.24) is 14.3 Å². The van der Waals surface area contributed by atoms with Gasteiger partial charge < -0.3 is 14.6 Å². The quantitative estimate of drug-likeness (QED) is 0.785. The highest BCUT2D eigenvalue weighted by Crippen LogP contribution is 2.29. The van der Waals surface area contributed by atoms with Gasteiger partial charge in [-0.25, -0.2) is 0 Å². The second-order valence-electron chi connectivity index (χ2n) is 6.52. The standard InChI is InChI=1S/C19H24N4O2/c1-11(2)23-13(4)18(12(3)21-23)20-19(24)16-10-14-15(22(16)5)8-7-9-17(14)25-6/h7-11H,1-6H3,(H,20,24). The van der Waals surface area contributed by atoms with Crippen LogP contribution in [0.3, 0.4) is 0 Å². The van der Waals surface area contributed by atoms with Crippen molar-refractivity contribution in [3.8, 4) is 5.75 Å². The lowest BCUT2D eigenvalue weighted by atomic mass is 10.2. The number of nitrogens with zero attached hydrogens (tertiary/aromatic N) is 3. The number of nitrogens with one attached hydrogen (secondary N) is 1. The summed E-state index contributed by atoms with van der Waals surface area (Å²) in [5, 5.41) is 8.47. The fraction of sp³-hybridized carbons (Fsp3) is 0.368. The SMILES string of the molecule is COc1cccc2c1cc(C(=O)Nc1c(C)nn(C(C)C)c1C)n2C. The molecule has 0 bridgehead atoms. The average Bonchev–Trinajstić information content (AvgIpc) is 3.06. The summed E-state index contributed by atoms with van der Waals surface area (Å²) in [5.74, 6) is 0.599. The summed E-state index contributed by atoms with van der Waals surface area (Å²) in [4.78, 5) is 12.9. The third-order valence-corrected chi connectivity index (χ3v) is 4.55. The third kappa shape index (κ3) is 2.77. The van der Waals surface area contributed by atoms with E-state index < -0.39 is 0 Å². The topological polar surface area (TPSA) is 61.1 Å². The summed E-state index contributed by atoms with van der Waals surface area (Å²) >= 11 is 0. The molecule has 6 heteroatoms. The molecule has 0 atom stereocenters. The number of anilines is 1. The minimum absolute atomic E-state index is 0.157. The minimum Gasteiger partial charge on any atom is -0.496 e. The second kappa shape index (κ2) is 6.27. The van der Waals surface area contributed by atoms with Crippen LogP contribution in [0.5, 0.6) is 5.75 Å². The maximum atomic E-state index is 12.9. The van der Waals surface area contributed by atoms with Gasteiger partial charge in [0.2, 0.25) is 0 Å². The summed E-state index contributed by atoms with van der Waals surface area (Å²) in [6.45, 7) is 8.02. The maximum Gasteiger partial charge on any atom is 0.272 e. The van der Waals surface area contributed by atoms with Crippen molar-refractivity contribution in [2.75, 3.05) is 12.4 Å². The fourth-order valence-electron chi connectivity index (χ4n) is 3.25. The monoisotopic (exact) mass is 340 g/mol. The summed E-state index contributed by atoms with van der Waals surface area (Å²) in [6.07, 6.45) is 0. The second-order valence-corrected chi connectivity index (χ2v) is 6.52. The van der Waals surface area contributed by atoms with Crippen LogP contribution in [-0.2, 0) is 7.05 Å². The molecule has 0 saturated heterocycles. The Morgan fingerprint density at radius 3 is 2.60 bits per heavy atom. The molecule has 0 radical (unpaired) electrons. The van der Waals surface area contributed by atoms with Gasteiger partial charge in [-0.2, -0.15) is 5.10 Å². The number of aryl methyl sites for hydroxylation is 2. The van der Waals surface area contributed by atoms with E-state index in [9.17, 15) is 4.79 Å². The lowest BCUT2D eigenvalue weighted by Crippen LogP contribution is -2.16. The van der Waals surface area contributed by atoms with E-state index in [0.29, 0.717) is 5.69 Å². The van der Waals surface area contributed by atoms with E-state index in [0.717, 1.165) is 33.7 Å². The Morgan fingerprint density at radius 1 is 1.28 bits per heavy atom. The lowest BCUT2D eigenvalue weighted by Gasteiger charge is -2.10. The predicted molar refractivity (Wildman–Crippen MR) is 99.5 cm³/mol. The molecule has 0 aliphatic rings. The van der Waals surface area contributed by atoms with Crippen LogP contribution in [-0.4, -0.2) is 27.4 Å².